The molecule has 1 N–H and O–H groups in total. The third kappa shape index (κ3) is 4.17. The van der Waals surface area contributed by atoms with E-state index in [1.165, 1.54) is 25.0 Å². The van der Waals surface area contributed by atoms with Crippen molar-refractivity contribution in [3.8, 4) is 0 Å². The molecule has 3 atom stereocenters. The Kier molecular flexibility index (Phi) is 5.59. The molecule has 4 nitrogen and oxygen atoms in total. The monoisotopic (exact) mass is 311 g/mol. The Balaban J connectivity index is 2.07. The average molecular weight is 312 g/mol. The van der Waals surface area contributed by atoms with E-state index in [1.807, 2.05) is 0 Å². The fourth-order valence-corrected chi connectivity index (χ4v) is 3.58. The summed E-state index contributed by atoms with van der Waals surface area (Å²) in [6.07, 6.45) is 5.74. The quantitative estimate of drug-likeness (QED) is 0.648. The van der Waals surface area contributed by atoms with Crippen LogP contribution in [0.2, 0.25) is 5.02 Å². The van der Waals surface area contributed by atoms with E-state index in [9.17, 15) is 15.2 Å². The number of halogens is 1. The number of hydrogen-bond donors (Lipinski definition) is 1. The van der Waals surface area contributed by atoms with Crippen molar-refractivity contribution in [2.24, 2.45) is 11.8 Å². The molecule has 1 aliphatic carbocycles. The van der Waals surface area contributed by atoms with Crippen molar-refractivity contribution in [2.45, 2.75) is 51.6 Å². The molecule has 2 rings (SSSR count). The highest BCUT2D eigenvalue weighted by atomic mass is 35.5. The molecule has 5 heteroatoms. The number of nitro groups is 1. The van der Waals surface area contributed by atoms with Crippen LogP contribution in [0.4, 0.5) is 5.69 Å². The van der Waals surface area contributed by atoms with Crippen LogP contribution >= 0.6 is 11.6 Å². The Hall–Kier alpha value is -1.13. The molecule has 0 bridgehead atoms. The highest BCUT2D eigenvalue weighted by molar-refractivity contribution is 6.31. The molecule has 1 aliphatic rings. The number of non-ortho nitro benzene ring substituents is 1. The second-order valence-corrected chi connectivity index (χ2v) is 6.44. The molecule has 1 fully saturated rings. The maximum atomic E-state index is 10.7. The van der Waals surface area contributed by atoms with Crippen LogP contribution in [0.1, 0.15) is 44.6 Å². The van der Waals surface area contributed by atoms with Crippen LogP contribution in [0.25, 0.3) is 0 Å². The van der Waals surface area contributed by atoms with Crippen molar-refractivity contribution >= 4 is 17.3 Å². The predicted molar refractivity (Wildman–Crippen MR) is 83.6 cm³/mol. The van der Waals surface area contributed by atoms with Crippen LogP contribution in [0.3, 0.4) is 0 Å². The highest BCUT2D eigenvalue weighted by Gasteiger charge is 2.29. The van der Waals surface area contributed by atoms with Crippen LogP contribution in [0, 0.1) is 22.0 Å². The van der Waals surface area contributed by atoms with Gasteiger partial charge < -0.3 is 5.11 Å². The number of nitro benzene ring substituents is 1. The Morgan fingerprint density at radius 3 is 2.81 bits per heavy atom. The molecule has 0 spiro atoms. The summed E-state index contributed by atoms with van der Waals surface area (Å²) in [4.78, 5) is 10.3. The fraction of sp³-hybridized carbons (Fsp3) is 0.625. The van der Waals surface area contributed by atoms with E-state index in [4.69, 9.17) is 11.6 Å². The van der Waals surface area contributed by atoms with E-state index in [0.29, 0.717) is 17.4 Å². The Labute approximate surface area is 130 Å². The van der Waals surface area contributed by atoms with E-state index in [2.05, 4.69) is 6.92 Å². The lowest BCUT2D eigenvalue weighted by molar-refractivity contribution is -0.384. The van der Waals surface area contributed by atoms with Crippen molar-refractivity contribution in [3.05, 3.63) is 38.9 Å². The smallest absolute Gasteiger partial charge is 0.270 e. The van der Waals surface area contributed by atoms with Crippen molar-refractivity contribution < 1.29 is 10.0 Å². The van der Waals surface area contributed by atoms with Crippen molar-refractivity contribution in [3.63, 3.8) is 0 Å². The first-order chi connectivity index (χ1) is 10.0. The summed E-state index contributed by atoms with van der Waals surface area (Å²) in [6.45, 7) is 2.19. The average Bonchev–Trinajstić information content (AvgIpc) is 2.44. The first-order valence-electron chi connectivity index (χ1n) is 7.62. The summed E-state index contributed by atoms with van der Waals surface area (Å²) in [5.74, 6) is 0.884. The lowest BCUT2D eigenvalue weighted by atomic mass is 9.75. The summed E-state index contributed by atoms with van der Waals surface area (Å²) in [6, 6.07) is 4.60. The zero-order valence-corrected chi connectivity index (χ0v) is 13.1. The topological polar surface area (TPSA) is 63.4 Å². The van der Waals surface area contributed by atoms with Gasteiger partial charge >= 0.3 is 0 Å². The van der Waals surface area contributed by atoms with Crippen LogP contribution in [-0.4, -0.2) is 16.1 Å². The second kappa shape index (κ2) is 7.23. The zero-order valence-electron chi connectivity index (χ0n) is 12.3. The summed E-state index contributed by atoms with van der Waals surface area (Å²) >= 11 is 6.15. The Bertz CT molecular complexity index is 506. The second-order valence-electron chi connectivity index (χ2n) is 6.03. The van der Waals surface area contributed by atoms with Gasteiger partial charge in [-0.05, 0) is 43.1 Å². The van der Waals surface area contributed by atoms with Gasteiger partial charge in [0.25, 0.3) is 5.69 Å². The Morgan fingerprint density at radius 2 is 2.19 bits per heavy atom. The lowest BCUT2D eigenvalue weighted by Crippen LogP contribution is -2.30. The summed E-state index contributed by atoms with van der Waals surface area (Å²) in [7, 11) is 0. The molecule has 1 aromatic rings. The molecule has 0 heterocycles. The molecule has 1 aromatic carbocycles. The van der Waals surface area contributed by atoms with Gasteiger partial charge in [0.05, 0.1) is 16.0 Å². The van der Waals surface area contributed by atoms with Crippen molar-refractivity contribution in [2.75, 3.05) is 0 Å². The van der Waals surface area contributed by atoms with Crippen LogP contribution < -0.4 is 0 Å². The van der Waals surface area contributed by atoms with E-state index in [0.717, 1.165) is 24.8 Å². The van der Waals surface area contributed by atoms with Crippen molar-refractivity contribution in [1.82, 2.24) is 0 Å². The first kappa shape index (κ1) is 16.2. The summed E-state index contributed by atoms with van der Waals surface area (Å²) in [5.41, 5.74) is 0.903. The molecule has 0 aliphatic heterocycles. The summed E-state index contributed by atoms with van der Waals surface area (Å²) in [5, 5.41) is 21.4. The minimum Gasteiger partial charge on any atom is -0.393 e. The van der Waals surface area contributed by atoms with E-state index < -0.39 is 4.92 Å². The van der Waals surface area contributed by atoms with Crippen LogP contribution in [0.5, 0.6) is 0 Å². The molecule has 3 unspecified atom stereocenters. The third-order valence-electron chi connectivity index (χ3n) is 4.48. The van der Waals surface area contributed by atoms with Crippen LogP contribution in [-0.2, 0) is 6.42 Å². The SMILES string of the molecule is CCCC1CCC(O)C(Cc2ccc([N+](=O)[O-])cc2Cl)C1. The third-order valence-corrected chi connectivity index (χ3v) is 4.83. The standard InChI is InChI=1S/C16H22ClNO3/c1-2-3-11-4-7-16(19)13(8-11)9-12-5-6-14(18(20)21)10-15(12)17/h5-6,10-11,13,16,19H,2-4,7-9H2,1H3. The fourth-order valence-electron chi connectivity index (χ4n) is 3.33. The van der Waals surface area contributed by atoms with E-state index in [-0.39, 0.29) is 17.7 Å². The van der Waals surface area contributed by atoms with Gasteiger partial charge in [0.2, 0.25) is 0 Å². The minimum absolute atomic E-state index is 0.0109. The molecule has 21 heavy (non-hydrogen) atoms. The lowest BCUT2D eigenvalue weighted by Gasteiger charge is -2.33. The van der Waals surface area contributed by atoms with Gasteiger partial charge in [-0.25, -0.2) is 0 Å². The molecule has 0 radical (unpaired) electrons. The molecule has 116 valence electrons. The maximum Gasteiger partial charge on any atom is 0.270 e. The summed E-state index contributed by atoms with van der Waals surface area (Å²) < 4.78 is 0. The highest BCUT2D eigenvalue weighted by Crippen LogP contribution is 2.35. The van der Waals surface area contributed by atoms with Gasteiger partial charge in [0.1, 0.15) is 0 Å². The minimum atomic E-state index is -0.442. The molecule has 0 saturated heterocycles. The van der Waals surface area contributed by atoms with E-state index in [1.54, 1.807) is 6.07 Å². The number of benzene rings is 1. The molecule has 1 saturated carbocycles. The molecule has 0 aromatic heterocycles. The van der Waals surface area contributed by atoms with Gasteiger partial charge in [0.15, 0.2) is 0 Å². The largest absolute Gasteiger partial charge is 0.393 e. The number of rotatable bonds is 5. The van der Waals surface area contributed by atoms with Crippen LogP contribution in [0.15, 0.2) is 18.2 Å². The van der Waals surface area contributed by atoms with Crippen molar-refractivity contribution in [1.29, 1.82) is 0 Å². The first-order valence-corrected chi connectivity index (χ1v) is 8.00. The predicted octanol–water partition coefficient (Wildman–Crippen LogP) is 4.37. The van der Waals surface area contributed by atoms with Gasteiger partial charge in [-0.3, -0.25) is 10.1 Å². The van der Waals surface area contributed by atoms with Gasteiger partial charge in [-0.15, -0.1) is 0 Å². The normalized spacial score (nSPS) is 25.8. The van der Waals surface area contributed by atoms with Gasteiger partial charge in [0, 0.05) is 12.1 Å². The number of aliphatic hydroxyl groups is 1. The molecular formula is C16H22ClNO3. The molecule has 0 amide bonds. The Morgan fingerprint density at radius 1 is 1.43 bits per heavy atom. The number of hydrogen-bond acceptors (Lipinski definition) is 3. The number of nitrogens with zero attached hydrogens (tertiary/aromatic N) is 1. The van der Waals surface area contributed by atoms with Gasteiger partial charge in [-0.1, -0.05) is 37.4 Å². The molecular weight excluding hydrogens is 290 g/mol. The zero-order chi connectivity index (χ0) is 15.4. The van der Waals surface area contributed by atoms with Gasteiger partial charge in [-0.2, -0.15) is 0 Å². The van der Waals surface area contributed by atoms with E-state index >= 15 is 0 Å². The number of aliphatic hydroxyl groups excluding tert-OH is 1. The maximum absolute atomic E-state index is 10.7.